The second kappa shape index (κ2) is 8.05. The number of aromatic nitrogens is 1. The fourth-order valence-electron chi connectivity index (χ4n) is 4.39. The Kier molecular flexibility index (Phi) is 5.55. The highest BCUT2D eigenvalue weighted by molar-refractivity contribution is 7.18. The molecule has 1 aromatic heterocycles. The van der Waals surface area contributed by atoms with Crippen LogP contribution >= 0.6 is 11.3 Å². The van der Waals surface area contributed by atoms with E-state index in [1.54, 1.807) is 0 Å². The van der Waals surface area contributed by atoms with E-state index in [2.05, 4.69) is 41.4 Å². The van der Waals surface area contributed by atoms with Gasteiger partial charge in [0.15, 0.2) is 0 Å². The summed E-state index contributed by atoms with van der Waals surface area (Å²) in [6, 6.07) is 8.78. The fraction of sp³-hybridized carbons (Fsp3) is 0.619. The Labute approximate surface area is 160 Å². The number of nitrogens with zero attached hydrogens (tertiary/aromatic N) is 2. The maximum Gasteiger partial charge on any atom is 0.234 e. The van der Waals surface area contributed by atoms with Crippen molar-refractivity contribution in [3.8, 4) is 0 Å². The molecule has 1 amide bonds. The summed E-state index contributed by atoms with van der Waals surface area (Å²) in [7, 11) is 0. The SMILES string of the molecule is CC1CCCCC1NC(=O)CN1CCC(c2nc3ccccc3s2)CC1. The predicted molar refractivity (Wildman–Crippen MR) is 108 cm³/mol. The quantitative estimate of drug-likeness (QED) is 0.877. The Morgan fingerprint density at radius 1 is 1.19 bits per heavy atom. The molecule has 1 aliphatic heterocycles. The molecule has 1 aliphatic carbocycles. The first-order valence-electron chi connectivity index (χ1n) is 10.1. The first kappa shape index (κ1) is 17.9. The minimum Gasteiger partial charge on any atom is -0.352 e. The van der Waals surface area contributed by atoms with Crippen LogP contribution in [0, 0.1) is 5.92 Å². The molecule has 0 bridgehead atoms. The van der Waals surface area contributed by atoms with E-state index in [0.717, 1.165) is 37.9 Å². The van der Waals surface area contributed by atoms with Crippen molar-refractivity contribution in [2.45, 2.75) is 57.4 Å². The maximum atomic E-state index is 12.4. The third kappa shape index (κ3) is 4.09. The highest BCUT2D eigenvalue weighted by Crippen LogP contribution is 2.33. The molecule has 5 heteroatoms. The van der Waals surface area contributed by atoms with E-state index in [1.807, 2.05) is 11.3 Å². The van der Waals surface area contributed by atoms with Gasteiger partial charge in [0, 0.05) is 12.0 Å². The molecule has 2 aromatic rings. The normalized spacial score (nSPS) is 25.4. The molecule has 0 spiro atoms. The molecule has 1 aromatic carbocycles. The Bertz CT molecular complexity index is 718. The number of amides is 1. The third-order valence-electron chi connectivity index (χ3n) is 6.07. The Balaban J connectivity index is 1.27. The minimum atomic E-state index is 0.210. The molecule has 2 atom stereocenters. The maximum absolute atomic E-state index is 12.4. The number of thiazole rings is 1. The van der Waals surface area contributed by atoms with Crippen LogP contribution in [0.3, 0.4) is 0 Å². The number of likely N-dealkylation sites (tertiary alicyclic amines) is 1. The molecule has 1 saturated carbocycles. The van der Waals surface area contributed by atoms with Crippen molar-refractivity contribution in [3.63, 3.8) is 0 Å². The standard InChI is InChI=1S/C21H29N3OS/c1-15-6-2-3-7-17(15)22-20(25)14-24-12-10-16(11-13-24)21-23-18-8-4-5-9-19(18)26-21/h4-5,8-9,15-17H,2-3,6-7,10-14H2,1H3,(H,22,25). The summed E-state index contributed by atoms with van der Waals surface area (Å²) in [5.41, 5.74) is 1.12. The highest BCUT2D eigenvalue weighted by Gasteiger charge is 2.26. The molecular weight excluding hydrogens is 342 g/mol. The number of hydrogen-bond acceptors (Lipinski definition) is 4. The largest absolute Gasteiger partial charge is 0.352 e. The number of nitrogens with one attached hydrogen (secondary N) is 1. The summed E-state index contributed by atoms with van der Waals surface area (Å²) in [6.07, 6.45) is 7.17. The van der Waals surface area contributed by atoms with E-state index in [9.17, 15) is 4.79 Å². The lowest BCUT2D eigenvalue weighted by Crippen LogP contribution is -2.47. The topological polar surface area (TPSA) is 45.2 Å². The van der Waals surface area contributed by atoms with Crippen LogP contribution < -0.4 is 5.32 Å². The van der Waals surface area contributed by atoms with Gasteiger partial charge >= 0.3 is 0 Å². The fourth-order valence-corrected chi connectivity index (χ4v) is 5.53. The van der Waals surface area contributed by atoms with Gasteiger partial charge in [-0.15, -0.1) is 11.3 Å². The average Bonchev–Trinajstić information content (AvgIpc) is 3.08. The van der Waals surface area contributed by atoms with Gasteiger partial charge in [0.2, 0.25) is 5.91 Å². The van der Waals surface area contributed by atoms with Crippen molar-refractivity contribution in [1.82, 2.24) is 15.2 Å². The highest BCUT2D eigenvalue weighted by atomic mass is 32.1. The number of hydrogen-bond donors (Lipinski definition) is 1. The van der Waals surface area contributed by atoms with Crippen LogP contribution in [-0.2, 0) is 4.79 Å². The van der Waals surface area contributed by atoms with Crippen molar-refractivity contribution in [2.24, 2.45) is 5.92 Å². The summed E-state index contributed by atoms with van der Waals surface area (Å²) >= 11 is 1.83. The zero-order valence-electron chi connectivity index (χ0n) is 15.6. The Hall–Kier alpha value is -1.46. The van der Waals surface area contributed by atoms with E-state index in [0.29, 0.717) is 24.4 Å². The lowest BCUT2D eigenvalue weighted by Gasteiger charge is -2.33. The van der Waals surface area contributed by atoms with Gasteiger partial charge in [-0.05, 0) is 56.8 Å². The second-order valence-corrected chi connectivity index (χ2v) is 9.07. The molecule has 2 fully saturated rings. The van der Waals surface area contributed by atoms with E-state index in [-0.39, 0.29) is 5.91 Å². The van der Waals surface area contributed by atoms with Crippen LogP contribution in [0.4, 0.5) is 0 Å². The molecule has 1 N–H and O–H groups in total. The first-order valence-corrected chi connectivity index (χ1v) is 10.9. The number of rotatable bonds is 4. The molecule has 2 unspecified atom stereocenters. The van der Waals surface area contributed by atoms with Gasteiger partial charge in [-0.1, -0.05) is 31.9 Å². The van der Waals surface area contributed by atoms with Gasteiger partial charge in [0.05, 0.1) is 21.8 Å². The van der Waals surface area contributed by atoms with Crippen LogP contribution in [-0.4, -0.2) is 41.5 Å². The number of fused-ring (bicyclic) bond motifs is 1. The van der Waals surface area contributed by atoms with Gasteiger partial charge in [-0.25, -0.2) is 4.98 Å². The van der Waals surface area contributed by atoms with Crippen molar-refractivity contribution in [1.29, 1.82) is 0 Å². The van der Waals surface area contributed by atoms with Crippen molar-refractivity contribution < 1.29 is 4.79 Å². The number of para-hydroxylation sites is 1. The Morgan fingerprint density at radius 3 is 2.73 bits per heavy atom. The van der Waals surface area contributed by atoms with Crippen LogP contribution in [0.2, 0.25) is 0 Å². The van der Waals surface area contributed by atoms with E-state index >= 15 is 0 Å². The van der Waals surface area contributed by atoms with Crippen LogP contribution in [0.25, 0.3) is 10.2 Å². The van der Waals surface area contributed by atoms with E-state index in [1.165, 1.54) is 29.0 Å². The molecule has 2 heterocycles. The van der Waals surface area contributed by atoms with Crippen LogP contribution in [0.15, 0.2) is 24.3 Å². The van der Waals surface area contributed by atoms with Gasteiger partial charge in [-0.2, -0.15) is 0 Å². The first-order chi connectivity index (χ1) is 12.7. The lowest BCUT2D eigenvalue weighted by atomic mass is 9.86. The van der Waals surface area contributed by atoms with Gasteiger partial charge in [0.1, 0.15) is 0 Å². The van der Waals surface area contributed by atoms with Crippen molar-refractivity contribution in [3.05, 3.63) is 29.3 Å². The summed E-state index contributed by atoms with van der Waals surface area (Å²) in [4.78, 5) is 19.6. The van der Waals surface area contributed by atoms with Gasteiger partial charge in [-0.3, -0.25) is 9.69 Å². The predicted octanol–water partition coefficient (Wildman–Crippen LogP) is 4.17. The van der Waals surface area contributed by atoms with Gasteiger partial charge < -0.3 is 5.32 Å². The average molecular weight is 372 g/mol. The van der Waals surface area contributed by atoms with Crippen molar-refractivity contribution in [2.75, 3.05) is 19.6 Å². The van der Waals surface area contributed by atoms with E-state index < -0.39 is 0 Å². The molecule has 4 rings (SSSR count). The molecule has 26 heavy (non-hydrogen) atoms. The summed E-state index contributed by atoms with van der Waals surface area (Å²) in [5.74, 6) is 1.38. The number of piperidine rings is 1. The zero-order chi connectivity index (χ0) is 17.9. The van der Waals surface area contributed by atoms with E-state index in [4.69, 9.17) is 4.98 Å². The lowest BCUT2D eigenvalue weighted by molar-refractivity contribution is -0.123. The summed E-state index contributed by atoms with van der Waals surface area (Å²) < 4.78 is 1.28. The van der Waals surface area contributed by atoms with Crippen LogP contribution in [0.1, 0.15) is 56.4 Å². The second-order valence-electron chi connectivity index (χ2n) is 8.01. The third-order valence-corrected chi connectivity index (χ3v) is 7.27. The number of carbonyl (C=O) groups is 1. The molecule has 140 valence electrons. The smallest absolute Gasteiger partial charge is 0.234 e. The molecule has 2 aliphatic rings. The van der Waals surface area contributed by atoms with Gasteiger partial charge in [0.25, 0.3) is 0 Å². The molecule has 0 radical (unpaired) electrons. The summed E-state index contributed by atoms with van der Waals surface area (Å²) in [5, 5.41) is 4.56. The Morgan fingerprint density at radius 2 is 1.96 bits per heavy atom. The zero-order valence-corrected chi connectivity index (χ0v) is 16.4. The molecule has 1 saturated heterocycles. The molecular formula is C21H29N3OS. The summed E-state index contributed by atoms with van der Waals surface area (Å²) in [6.45, 7) is 4.81. The van der Waals surface area contributed by atoms with Crippen molar-refractivity contribution >= 4 is 27.5 Å². The number of benzene rings is 1. The molecule has 4 nitrogen and oxygen atoms in total. The number of carbonyl (C=O) groups excluding carboxylic acids is 1. The van der Waals surface area contributed by atoms with Crippen LogP contribution in [0.5, 0.6) is 0 Å². The monoisotopic (exact) mass is 371 g/mol. The minimum absolute atomic E-state index is 0.210.